The third-order valence-electron chi connectivity index (χ3n) is 5.27. The number of para-hydroxylation sites is 1. The number of aryl methyl sites for hydroxylation is 1. The first-order chi connectivity index (χ1) is 16.0. The summed E-state index contributed by atoms with van der Waals surface area (Å²) in [6.07, 6.45) is 0. The summed E-state index contributed by atoms with van der Waals surface area (Å²) < 4.78 is 7.54. The van der Waals surface area contributed by atoms with Crippen LogP contribution in [-0.4, -0.2) is 28.5 Å². The van der Waals surface area contributed by atoms with Crippen molar-refractivity contribution in [3.63, 3.8) is 0 Å². The summed E-state index contributed by atoms with van der Waals surface area (Å²) in [5.41, 5.74) is 3.87. The van der Waals surface area contributed by atoms with Gasteiger partial charge >= 0.3 is 5.97 Å². The lowest BCUT2D eigenvalue weighted by molar-refractivity contribution is -0.141. The van der Waals surface area contributed by atoms with Crippen LogP contribution in [0.1, 0.15) is 15.9 Å². The van der Waals surface area contributed by atoms with Gasteiger partial charge in [0.2, 0.25) is 0 Å². The third-order valence-corrected chi connectivity index (χ3v) is 7.20. The standard InChI is InChI=1S/C25H19N3O3S2/c1-15-9-10-20-22(12-15)33-25(28(20)14-23(29)31-2)27-24(30)17-13-19(21-8-5-11-32-21)26-18-7-4-3-6-16(17)18/h3-13H,14H2,1-2H3. The van der Waals surface area contributed by atoms with Crippen molar-refractivity contribution in [2.24, 2.45) is 4.99 Å². The van der Waals surface area contributed by atoms with E-state index in [1.807, 2.05) is 66.9 Å². The summed E-state index contributed by atoms with van der Waals surface area (Å²) >= 11 is 2.94. The Kier molecular flexibility index (Phi) is 5.62. The van der Waals surface area contributed by atoms with Crippen molar-refractivity contribution in [3.05, 3.63) is 82.0 Å². The summed E-state index contributed by atoms with van der Waals surface area (Å²) in [5, 5.41) is 2.72. The number of hydrogen-bond donors (Lipinski definition) is 0. The maximum absolute atomic E-state index is 13.5. The molecule has 8 heteroatoms. The van der Waals surface area contributed by atoms with Crippen LogP contribution in [0.2, 0.25) is 0 Å². The second kappa shape index (κ2) is 8.73. The third kappa shape index (κ3) is 4.10. The van der Waals surface area contributed by atoms with Gasteiger partial charge in [0.15, 0.2) is 4.80 Å². The number of amides is 1. The molecule has 0 spiro atoms. The topological polar surface area (TPSA) is 73.6 Å². The van der Waals surface area contributed by atoms with E-state index >= 15 is 0 Å². The molecule has 3 aromatic heterocycles. The number of benzene rings is 2. The van der Waals surface area contributed by atoms with Crippen molar-refractivity contribution >= 4 is 55.7 Å². The number of ether oxygens (including phenoxy) is 1. The SMILES string of the molecule is COC(=O)Cn1c(=NC(=O)c2cc(-c3cccs3)nc3ccccc23)sc2cc(C)ccc21. The first kappa shape index (κ1) is 21.2. The van der Waals surface area contributed by atoms with Crippen LogP contribution in [0.5, 0.6) is 0 Å². The molecule has 0 unspecified atom stereocenters. The molecule has 0 aliphatic carbocycles. The first-order valence-corrected chi connectivity index (χ1v) is 11.9. The number of pyridine rings is 1. The average molecular weight is 474 g/mol. The van der Waals surface area contributed by atoms with Gasteiger partial charge in [-0.1, -0.05) is 41.7 Å². The molecule has 0 saturated heterocycles. The highest BCUT2D eigenvalue weighted by Gasteiger charge is 2.16. The van der Waals surface area contributed by atoms with Crippen LogP contribution in [0, 0.1) is 6.92 Å². The monoisotopic (exact) mass is 473 g/mol. The van der Waals surface area contributed by atoms with Crippen molar-refractivity contribution in [2.45, 2.75) is 13.5 Å². The number of fused-ring (bicyclic) bond motifs is 2. The molecule has 6 nitrogen and oxygen atoms in total. The van der Waals surface area contributed by atoms with Gasteiger partial charge in [-0.3, -0.25) is 9.59 Å². The molecule has 33 heavy (non-hydrogen) atoms. The van der Waals surface area contributed by atoms with Gasteiger partial charge in [-0.25, -0.2) is 4.98 Å². The Labute approximate surface area is 197 Å². The van der Waals surface area contributed by atoms with Gasteiger partial charge in [0.1, 0.15) is 6.54 Å². The molecular formula is C25H19N3O3S2. The fourth-order valence-corrected chi connectivity index (χ4v) is 5.47. The summed E-state index contributed by atoms with van der Waals surface area (Å²) in [6, 6.07) is 19.2. The molecule has 3 heterocycles. The van der Waals surface area contributed by atoms with Crippen molar-refractivity contribution in [1.29, 1.82) is 0 Å². The molecule has 0 N–H and O–H groups in total. The Morgan fingerprint density at radius 1 is 1.09 bits per heavy atom. The second-order valence-electron chi connectivity index (χ2n) is 7.48. The summed E-state index contributed by atoms with van der Waals surface area (Å²) in [4.78, 5) is 36.2. The molecule has 0 aliphatic heterocycles. The lowest BCUT2D eigenvalue weighted by Crippen LogP contribution is -2.22. The number of rotatable bonds is 4. The zero-order valence-corrected chi connectivity index (χ0v) is 19.6. The Morgan fingerprint density at radius 3 is 2.73 bits per heavy atom. The van der Waals surface area contributed by atoms with Gasteiger partial charge in [-0.05, 0) is 48.2 Å². The number of esters is 1. The van der Waals surface area contributed by atoms with Gasteiger partial charge in [-0.15, -0.1) is 11.3 Å². The maximum atomic E-state index is 13.5. The number of carbonyl (C=O) groups excluding carboxylic acids is 2. The maximum Gasteiger partial charge on any atom is 0.325 e. The van der Waals surface area contributed by atoms with Gasteiger partial charge in [0, 0.05) is 5.39 Å². The zero-order chi connectivity index (χ0) is 22.9. The number of carbonyl (C=O) groups is 2. The van der Waals surface area contributed by atoms with Gasteiger partial charge in [0.05, 0.1) is 39.0 Å². The smallest absolute Gasteiger partial charge is 0.325 e. The van der Waals surface area contributed by atoms with E-state index in [0.29, 0.717) is 10.4 Å². The highest BCUT2D eigenvalue weighted by atomic mass is 32.1. The van der Waals surface area contributed by atoms with Crippen LogP contribution in [0.3, 0.4) is 0 Å². The summed E-state index contributed by atoms with van der Waals surface area (Å²) in [7, 11) is 1.35. The Bertz CT molecular complexity index is 1580. The van der Waals surface area contributed by atoms with E-state index in [9.17, 15) is 9.59 Å². The molecule has 0 aliphatic rings. The molecule has 0 fully saturated rings. The van der Waals surface area contributed by atoms with Gasteiger partial charge in [0.25, 0.3) is 5.91 Å². The van der Waals surface area contributed by atoms with Crippen molar-refractivity contribution < 1.29 is 14.3 Å². The molecular weight excluding hydrogens is 454 g/mol. The van der Waals surface area contributed by atoms with Crippen molar-refractivity contribution in [3.8, 4) is 10.6 Å². The Balaban J connectivity index is 1.70. The van der Waals surface area contributed by atoms with Crippen molar-refractivity contribution in [1.82, 2.24) is 9.55 Å². The number of hydrogen-bond acceptors (Lipinski definition) is 6. The number of aromatic nitrogens is 2. The molecule has 0 bridgehead atoms. The quantitative estimate of drug-likeness (QED) is 0.336. The summed E-state index contributed by atoms with van der Waals surface area (Å²) in [6.45, 7) is 1.98. The normalized spacial score (nSPS) is 11.9. The Morgan fingerprint density at radius 2 is 1.94 bits per heavy atom. The minimum atomic E-state index is -0.404. The predicted molar refractivity (Wildman–Crippen MR) is 132 cm³/mol. The van der Waals surface area contributed by atoms with E-state index in [4.69, 9.17) is 9.72 Å². The number of methoxy groups -OCH3 is 1. The molecule has 5 rings (SSSR count). The lowest BCUT2D eigenvalue weighted by atomic mass is 10.1. The average Bonchev–Trinajstić information content (AvgIpc) is 3.47. The molecule has 0 radical (unpaired) electrons. The van der Waals surface area contributed by atoms with Crippen LogP contribution < -0.4 is 4.80 Å². The molecule has 2 aromatic carbocycles. The van der Waals surface area contributed by atoms with Crippen molar-refractivity contribution in [2.75, 3.05) is 7.11 Å². The van der Waals surface area contributed by atoms with Crippen LogP contribution >= 0.6 is 22.7 Å². The highest BCUT2D eigenvalue weighted by molar-refractivity contribution is 7.16. The number of thiophene rings is 1. The fourth-order valence-electron chi connectivity index (χ4n) is 3.66. The largest absolute Gasteiger partial charge is 0.468 e. The fraction of sp³-hybridized carbons (Fsp3) is 0.120. The van der Waals surface area contributed by atoms with Gasteiger partial charge < -0.3 is 9.30 Å². The second-order valence-corrected chi connectivity index (χ2v) is 9.44. The number of nitrogens with zero attached hydrogens (tertiary/aromatic N) is 3. The minimum absolute atomic E-state index is 0.0246. The Hall–Kier alpha value is -3.62. The molecule has 5 aromatic rings. The van der Waals surface area contributed by atoms with Crippen LogP contribution in [0.4, 0.5) is 0 Å². The molecule has 1 amide bonds. The van der Waals surface area contributed by atoms with Crippen LogP contribution in [0.25, 0.3) is 31.7 Å². The highest BCUT2D eigenvalue weighted by Crippen LogP contribution is 2.28. The van der Waals surface area contributed by atoms with E-state index in [-0.39, 0.29) is 12.5 Å². The van der Waals surface area contributed by atoms with E-state index in [2.05, 4.69) is 4.99 Å². The minimum Gasteiger partial charge on any atom is -0.468 e. The zero-order valence-electron chi connectivity index (χ0n) is 17.9. The predicted octanol–water partition coefficient (Wildman–Crippen LogP) is 5.20. The van der Waals surface area contributed by atoms with E-state index < -0.39 is 5.97 Å². The lowest BCUT2D eigenvalue weighted by Gasteiger charge is -2.07. The molecule has 0 atom stereocenters. The summed E-state index contributed by atoms with van der Waals surface area (Å²) in [5.74, 6) is -0.785. The van der Waals surface area contributed by atoms with Gasteiger partial charge in [-0.2, -0.15) is 4.99 Å². The molecule has 0 saturated carbocycles. The molecule has 164 valence electrons. The first-order valence-electron chi connectivity index (χ1n) is 10.2. The van der Waals surface area contributed by atoms with E-state index in [1.54, 1.807) is 22.0 Å². The van der Waals surface area contributed by atoms with Crippen LogP contribution in [0.15, 0.2) is 71.0 Å². The van der Waals surface area contributed by atoms with Crippen LogP contribution in [-0.2, 0) is 16.1 Å². The number of thiazole rings is 1. The van der Waals surface area contributed by atoms with E-state index in [1.165, 1.54) is 18.4 Å². The van der Waals surface area contributed by atoms with E-state index in [0.717, 1.165) is 37.3 Å².